The summed E-state index contributed by atoms with van der Waals surface area (Å²) in [5.41, 5.74) is 5.05. The van der Waals surface area contributed by atoms with Gasteiger partial charge in [-0.3, -0.25) is 14.2 Å². The summed E-state index contributed by atoms with van der Waals surface area (Å²) in [6.45, 7) is 5.92. The largest absolute Gasteiger partial charge is 0.307 e. The van der Waals surface area contributed by atoms with E-state index in [9.17, 15) is 9.59 Å². The average Bonchev–Trinajstić information content (AvgIpc) is 3.09. The summed E-state index contributed by atoms with van der Waals surface area (Å²) < 4.78 is 1.46. The number of benzene rings is 1. The molecule has 0 unspecified atom stereocenters. The standard InChI is InChI=1S/C17H17N3O2S2/c1-10-4-5-13(11(2)6-10)14-9-23-16(18-14)19-15(21)7-20-12(3)8-24-17(20)22/h4-6,8-9H,7H2,1-3H3,(H,18,19,21). The highest BCUT2D eigenvalue weighted by Crippen LogP contribution is 2.27. The van der Waals surface area contributed by atoms with E-state index in [0.717, 1.165) is 33.9 Å². The molecule has 1 N–H and O–H groups in total. The van der Waals surface area contributed by atoms with Crippen molar-refractivity contribution >= 4 is 33.7 Å². The molecule has 7 heteroatoms. The zero-order chi connectivity index (χ0) is 17.3. The number of nitrogens with one attached hydrogen (secondary N) is 1. The third kappa shape index (κ3) is 3.47. The number of anilines is 1. The lowest BCUT2D eigenvalue weighted by molar-refractivity contribution is -0.116. The van der Waals surface area contributed by atoms with Crippen LogP contribution in [-0.4, -0.2) is 15.5 Å². The van der Waals surface area contributed by atoms with Crippen molar-refractivity contribution in [1.29, 1.82) is 0 Å². The van der Waals surface area contributed by atoms with Gasteiger partial charge in [0.25, 0.3) is 0 Å². The smallest absolute Gasteiger partial charge is 0.300 e. The van der Waals surface area contributed by atoms with Crippen molar-refractivity contribution in [1.82, 2.24) is 9.55 Å². The van der Waals surface area contributed by atoms with Crippen LogP contribution in [0.25, 0.3) is 11.3 Å². The average molecular weight is 359 g/mol. The first kappa shape index (κ1) is 16.6. The molecule has 2 heterocycles. The van der Waals surface area contributed by atoms with Crippen LogP contribution in [0.5, 0.6) is 0 Å². The van der Waals surface area contributed by atoms with Crippen molar-refractivity contribution in [3.8, 4) is 11.3 Å². The second-order valence-electron chi connectivity index (χ2n) is 5.63. The van der Waals surface area contributed by atoms with Crippen LogP contribution >= 0.6 is 22.7 Å². The Labute approximate surface area is 147 Å². The molecule has 24 heavy (non-hydrogen) atoms. The van der Waals surface area contributed by atoms with E-state index in [1.807, 2.05) is 31.4 Å². The Balaban J connectivity index is 1.74. The molecule has 0 aliphatic rings. The number of thiazole rings is 2. The van der Waals surface area contributed by atoms with Crippen LogP contribution < -0.4 is 10.2 Å². The summed E-state index contributed by atoms with van der Waals surface area (Å²) in [6.07, 6.45) is 0. The van der Waals surface area contributed by atoms with Gasteiger partial charge >= 0.3 is 4.87 Å². The lowest BCUT2D eigenvalue weighted by atomic mass is 10.0. The molecule has 0 bridgehead atoms. The lowest BCUT2D eigenvalue weighted by Gasteiger charge is -2.05. The Hall–Kier alpha value is -2.25. The van der Waals surface area contributed by atoms with Crippen molar-refractivity contribution in [2.45, 2.75) is 27.3 Å². The van der Waals surface area contributed by atoms with Gasteiger partial charge in [0.1, 0.15) is 6.54 Å². The third-order valence-corrected chi connectivity index (χ3v) is 5.33. The number of carbonyl (C=O) groups excluding carboxylic acids is 1. The molecule has 124 valence electrons. The van der Waals surface area contributed by atoms with E-state index in [-0.39, 0.29) is 17.3 Å². The van der Waals surface area contributed by atoms with E-state index in [2.05, 4.69) is 23.3 Å². The third-order valence-electron chi connectivity index (χ3n) is 3.69. The van der Waals surface area contributed by atoms with Crippen LogP contribution in [0.2, 0.25) is 0 Å². The van der Waals surface area contributed by atoms with Gasteiger partial charge in [-0.25, -0.2) is 4.98 Å². The van der Waals surface area contributed by atoms with E-state index in [0.29, 0.717) is 5.13 Å². The topological polar surface area (TPSA) is 64.0 Å². The number of hydrogen-bond acceptors (Lipinski definition) is 5. The summed E-state index contributed by atoms with van der Waals surface area (Å²) in [6, 6.07) is 6.20. The molecular formula is C17H17N3O2S2. The van der Waals surface area contributed by atoms with Crippen LogP contribution in [0, 0.1) is 20.8 Å². The highest BCUT2D eigenvalue weighted by molar-refractivity contribution is 7.14. The first-order chi connectivity index (χ1) is 11.4. The molecular weight excluding hydrogens is 342 g/mol. The summed E-state index contributed by atoms with van der Waals surface area (Å²) in [5.74, 6) is -0.250. The van der Waals surface area contributed by atoms with Gasteiger partial charge in [-0.15, -0.1) is 11.3 Å². The molecule has 0 saturated heterocycles. The minimum atomic E-state index is -0.250. The van der Waals surface area contributed by atoms with Crippen molar-refractivity contribution in [2.75, 3.05) is 5.32 Å². The first-order valence-electron chi connectivity index (χ1n) is 7.42. The fourth-order valence-electron chi connectivity index (χ4n) is 2.45. The quantitative estimate of drug-likeness (QED) is 0.774. The van der Waals surface area contributed by atoms with Crippen LogP contribution in [0.1, 0.15) is 16.8 Å². The van der Waals surface area contributed by atoms with Crippen molar-refractivity contribution in [2.24, 2.45) is 0 Å². The van der Waals surface area contributed by atoms with Crippen LogP contribution in [0.15, 0.2) is 33.8 Å². The molecule has 0 aliphatic carbocycles. The van der Waals surface area contributed by atoms with Crippen molar-refractivity contribution in [3.05, 3.63) is 55.4 Å². The predicted molar refractivity (Wildman–Crippen MR) is 99.0 cm³/mol. The van der Waals surface area contributed by atoms with Gasteiger partial charge in [0.2, 0.25) is 5.91 Å². The minimum absolute atomic E-state index is 0.00659. The highest BCUT2D eigenvalue weighted by Gasteiger charge is 2.12. The molecule has 2 aromatic heterocycles. The van der Waals surface area contributed by atoms with Gasteiger partial charge in [0.05, 0.1) is 5.69 Å². The number of hydrogen-bond donors (Lipinski definition) is 1. The predicted octanol–water partition coefficient (Wildman–Crippen LogP) is 3.60. The lowest BCUT2D eigenvalue weighted by Crippen LogP contribution is -2.25. The Morgan fingerprint density at radius 2 is 2.00 bits per heavy atom. The van der Waals surface area contributed by atoms with Gasteiger partial charge in [0, 0.05) is 22.0 Å². The van der Waals surface area contributed by atoms with E-state index in [1.165, 1.54) is 21.5 Å². The zero-order valence-corrected chi connectivity index (χ0v) is 15.3. The Morgan fingerprint density at radius 3 is 2.67 bits per heavy atom. The fourth-order valence-corrected chi connectivity index (χ4v) is 3.92. The number of rotatable bonds is 4. The van der Waals surface area contributed by atoms with E-state index in [1.54, 1.807) is 5.38 Å². The maximum absolute atomic E-state index is 12.1. The van der Waals surface area contributed by atoms with Crippen molar-refractivity contribution < 1.29 is 4.79 Å². The molecule has 1 amide bonds. The molecule has 0 spiro atoms. The summed E-state index contributed by atoms with van der Waals surface area (Å²) in [4.78, 5) is 28.2. The maximum atomic E-state index is 12.1. The molecule has 3 aromatic rings. The molecule has 0 aliphatic heterocycles. The van der Waals surface area contributed by atoms with Gasteiger partial charge < -0.3 is 5.32 Å². The van der Waals surface area contributed by atoms with Crippen LogP contribution in [-0.2, 0) is 11.3 Å². The Morgan fingerprint density at radius 1 is 1.21 bits per heavy atom. The molecule has 0 saturated carbocycles. The number of amides is 1. The number of aromatic nitrogens is 2. The molecule has 0 fully saturated rings. The number of aryl methyl sites for hydroxylation is 3. The molecule has 0 atom stereocenters. The van der Waals surface area contributed by atoms with Gasteiger partial charge in [-0.05, 0) is 26.3 Å². The molecule has 1 aromatic carbocycles. The van der Waals surface area contributed by atoms with Crippen LogP contribution in [0.3, 0.4) is 0 Å². The number of carbonyl (C=O) groups is 1. The minimum Gasteiger partial charge on any atom is -0.300 e. The van der Waals surface area contributed by atoms with Crippen LogP contribution in [0.4, 0.5) is 5.13 Å². The Bertz CT molecular complexity index is 953. The molecule has 5 nitrogen and oxygen atoms in total. The van der Waals surface area contributed by atoms with Gasteiger partial charge in [-0.1, -0.05) is 35.1 Å². The van der Waals surface area contributed by atoms with E-state index < -0.39 is 0 Å². The summed E-state index contributed by atoms with van der Waals surface area (Å²) in [7, 11) is 0. The normalized spacial score (nSPS) is 10.8. The second-order valence-corrected chi connectivity index (χ2v) is 7.31. The van der Waals surface area contributed by atoms with Crippen molar-refractivity contribution in [3.63, 3.8) is 0 Å². The first-order valence-corrected chi connectivity index (χ1v) is 9.18. The summed E-state index contributed by atoms with van der Waals surface area (Å²) in [5, 5.41) is 6.98. The second kappa shape index (κ2) is 6.70. The molecule has 0 radical (unpaired) electrons. The fraction of sp³-hybridized carbons (Fsp3) is 0.235. The Kier molecular flexibility index (Phi) is 4.64. The van der Waals surface area contributed by atoms with E-state index in [4.69, 9.17) is 0 Å². The van der Waals surface area contributed by atoms with Gasteiger partial charge in [0.15, 0.2) is 5.13 Å². The van der Waals surface area contributed by atoms with Gasteiger partial charge in [-0.2, -0.15) is 0 Å². The van der Waals surface area contributed by atoms with E-state index >= 15 is 0 Å². The molecule has 3 rings (SSSR count). The highest BCUT2D eigenvalue weighted by atomic mass is 32.1. The SMILES string of the molecule is Cc1ccc(-c2csc(NC(=O)Cn3c(C)csc3=O)n2)c(C)c1. The zero-order valence-electron chi connectivity index (χ0n) is 13.6. The summed E-state index contributed by atoms with van der Waals surface area (Å²) >= 11 is 2.48. The number of nitrogens with zero attached hydrogens (tertiary/aromatic N) is 2. The maximum Gasteiger partial charge on any atom is 0.307 e. The monoisotopic (exact) mass is 359 g/mol.